The van der Waals surface area contributed by atoms with Crippen LogP contribution in [0.1, 0.15) is 12.8 Å². The highest BCUT2D eigenvalue weighted by molar-refractivity contribution is 7.89. The summed E-state index contributed by atoms with van der Waals surface area (Å²) in [5.74, 6) is -0.306. The van der Waals surface area contributed by atoms with E-state index in [4.69, 9.17) is 9.88 Å². The third-order valence-electron chi connectivity index (χ3n) is 3.11. The van der Waals surface area contributed by atoms with Gasteiger partial charge >= 0.3 is 0 Å². The first-order valence-corrected chi connectivity index (χ1v) is 7.67. The highest BCUT2D eigenvalue weighted by atomic mass is 32.2. The molecule has 1 aromatic rings. The zero-order chi connectivity index (χ0) is 13.9. The first kappa shape index (κ1) is 14.2. The van der Waals surface area contributed by atoms with E-state index in [1.165, 1.54) is 12.1 Å². The number of hydrogen-bond donors (Lipinski definition) is 2. The molecule has 1 heterocycles. The lowest BCUT2D eigenvalue weighted by molar-refractivity contribution is 0.211. The van der Waals surface area contributed by atoms with Gasteiger partial charge in [0.05, 0.1) is 11.5 Å². The van der Waals surface area contributed by atoms with Gasteiger partial charge in [-0.05, 0) is 37.6 Å². The van der Waals surface area contributed by atoms with E-state index in [1.807, 2.05) is 0 Å². The number of rotatable bonds is 4. The molecule has 0 amide bonds. The zero-order valence-corrected chi connectivity index (χ0v) is 11.2. The third kappa shape index (κ3) is 3.89. The Morgan fingerprint density at radius 1 is 1.47 bits per heavy atom. The van der Waals surface area contributed by atoms with Crippen LogP contribution in [0.3, 0.4) is 0 Å². The van der Waals surface area contributed by atoms with Gasteiger partial charge in [0.15, 0.2) is 11.6 Å². The van der Waals surface area contributed by atoms with Gasteiger partial charge in [-0.2, -0.15) is 0 Å². The second kappa shape index (κ2) is 5.85. The fourth-order valence-electron chi connectivity index (χ4n) is 2.05. The molecule has 19 heavy (non-hydrogen) atoms. The molecule has 0 aromatic heterocycles. The molecule has 3 N–H and O–H groups in total. The van der Waals surface area contributed by atoms with Gasteiger partial charge in [-0.1, -0.05) is 0 Å². The van der Waals surface area contributed by atoms with Crippen LogP contribution < -0.4 is 15.2 Å². The van der Waals surface area contributed by atoms with Crippen LogP contribution in [0.25, 0.3) is 0 Å². The number of hydrogen-bond acceptors (Lipinski definition) is 4. The Morgan fingerprint density at radius 3 is 2.84 bits per heavy atom. The first-order valence-electron chi connectivity index (χ1n) is 6.12. The van der Waals surface area contributed by atoms with Gasteiger partial charge in [0.1, 0.15) is 0 Å². The van der Waals surface area contributed by atoms with Gasteiger partial charge in [-0.3, -0.25) is 0 Å². The van der Waals surface area contributed by atoms with Crippen LogP contribution in [0.4, 0.5) is 4.39 Å². The number of piperidine rings is 1. The Balaban J connectivity index is 2.01. The van der Waals surface area contributed by atoms with Gasteiger partial charge in [0, 0.05) is 12.5 Å². The summed E-state index contributed by atoms with van der Waals surface area (Å²) in [6.45, 7) is 2.28. The van der Waals surface area contributed by atoms with Crippen LogP contribution in [0.15, 0.2) is 23.1 Å². The van der Waals surface area contributed by atoms with E-state index in [-0.39, 0.29) is 10.6 Å². The number of halogens is 1. The minimum Gasteiger partial charge on any atom is -0.490 e. The smallest absolute Gasteiger partial charge is 0.238 e. The normalized spacial score (nSPS) is 20.2. The van der Waals surface area contributed by atoms with Gasteiger partial charge in [-0.15, -0.1) is 0 Å². The quantitative estimate of drug-likeness (QED) is 0.860. The second-order valence-electron chi connectivity index (χ2n) is 4.66. The predicted molar refractivity (Wildman–Crippen MR) is 68.9 cm³/mol. The summed E-state index contributed by atoms with van der Waals surface area (Å²) in [6.07, 6.45) is 2.13. The molecule has 0 radical (unpaired) electrons. The van der Waals surface area contributed by atoms with Crippen LogP contribution in [-0.4, -0.2) is 28.1 Å². The fraction of sp³-hybridized carbons (Fsp3) is 0.500. The maximum atomic E-state index is 13.7. The van der Waals surface area contributed by atoms with Crippen molar-refractivity contribution in [2.75, 3.05) is 19.7 Å². The van der Waals surface area contributed by atoms with Crippen molar-refractivity contribution in [2.24, 2.45) is 11.1 Å². The molecule has 1 aliphatic rings. The van der Waals surface area contributed by atoms with E-state index in [1.54, 1.807) is 0 Å². The molecule has 0 aliphatic carbocycles. The standard InChI is InChI=1S/C12H17FN2O3S/c13-11-6-10(19(14,16)17)3-4-12(11)18-8-9-2-1-5-15-7-9/h3-4,6,9,15H,1-2,5,7-8H2,(H2,14,16,17). The van der Waals surface area contributed by atoms with Gasteiger partial charge in [0.25, 0.3) is 0 Å². The van der Waals surface area contributed by atoms with Crippen LogP contribution in [0, 0.1) is 11.7 Å². The first-order chi connectivity index (χ1) is 8.97. The molecule has 2 rings (SSSR count). The Bertz CT molecular complexity index is 542. The molecule has 106 valence electrons. The zero-order valence-electron chi connectivity index (χ0n) is 10.4. The molecular formula is C12H17FN2O3S. The van der Waals surface area contributed by atoms with Crippen molar-refractivity contribution in [3.8, 4) is 5.75 Å². The Kier molecular flexibility index (Phi) is 4.38. The molecule has 1 aromatic carbocycles. The summed E-state index contributed by atoms with van der Waals surface area (Å²) in [5.41, 5.74) is 0. The van der Waals surface area contributed by atoms with Gasteiger partial charge in [-0.25, -0.2) is 17.9 Å². The fourth-order valence-corrected chi connectivity index (χ4v) is 2.57. The third-order valence-corrected chi connectivity index (χ3v) is 4.02. The molecule has 1 fully saturated rings. The highest BCUT2D eigenvalue weighted by Gasteiger charge is 2.16. The van der Waals surface area contributed by atoms with Crippen molar-refractivity contribution >= 4 is 10.0 Å². The molecule has 1 aliphatic heterocycles. The molecule has 0 bridgehead atoms. The van der Waals surface area contributed by atoms with Gasteiger partial charge < -0.3 is 10.1 Å². The van der Waals surface area contributed by atoms with Crippen molar-refractivity contribution in [1.29, 1.82) is 0 Å². The lowest BCUT2D eigenvalue weighted by Gasteiger charge is -2.22. The molecule has 1 unspecified atom stereocenters. The SMILES string of the molecule is NS(=O)(=O)c1ccc(OCC2CCCNC2)c(F)c1. The number of nitrogens with one attached hydrogen (secondary N) is 1. The number of primary sulfonamides is 1. The van der Waals surface area contributed by atoms with Crippen LogP contribution in [0.5, 0.6) is 5.75 Å². The largest absolute Gasteiger partial charge is 0.490 e. The van der Waals surface area contributed by atoms with E-state index in [2.05, 4.69) is 5.32 Å². The molecule has 0 spiro atoms. The molecule has 1 atom stereocenters. The van der Waals surface area contributed by atoms with Gasteiger partial charge in [0.2, 0.25) is 10.0 Å². The lowest BCUT2D eigenvalue weighted by atomic mass is 10.0. The summed E-state index contributed by atoms with van der Waals surface area (Å²) in [6, 6.07) is 3.42. The summed E-state index contributed by atoms with van der Waals surface area (Å²) in [5, 5.41) is 8.17. The second-order valence-corrected chi connectivity index (χ2v) is 6.22. The minimum atomic E-state index is -3.88. The maximum absolute atomic E-state index is 13.7. The van der Waals surface area contributed by atoms with Crippen molar-refractivity contribution in [3.63, 3.8) is 0 Å². The Hall–Kier alpha value is -1.18. The van der Waals surface area contributed by atoms with E-state index >= 15 is 0 Å². The highest BCUT2D eigenvalue weighted by Crippen LogP contribution is 2.21. The number of ether oxygens (including phenoxy) is 1. The van der Waals surface area contributed by atoms with Crippen molar-refractivity contribution < 1.29 is 17.5 Å². The van der Waals surface area contributed by atoms with E-state index in [9.17, 15) is 12.8 Å². The van der Waals surface area contributed by atoms with Crippen molar-refractivity contribution in [2.45, 2.75) is 17.7 Å². The number of nitrogens with two attached hydrogens (primary N) is 1. The summed E-state index contributed by atoms with van der Waals surface area (Å²) < 4.78 is 41.2. The van der Waals surface area contributed by atoms with Crippen LogP contribution in [0.2, 0.25) is 0 Å². The molecule has 0 saturated carbocycles. The molecule has 1 saturated heterocycles. The number of benzene rings is 1. The number of sulfonamides is 1. The Morgan fingerprint density at radius 2 is 2.26 bits per heavy atom. The van der Waals surface area contributed by atoms with E-state index < -0.39 is 15.8 Å². The maximum Gasteiger partial charge on any atom is 0.238 e. The van der Waals surface area contributed by atoms with Crippen LogP contribution >= 0.6 is 0 Å². The summed E-state index contributed by atoms with van der Waals surface area (Å²) in [4.78, 5) is -0.253. The molecular weight excluding hydrogens is 271 g/mol. The van der Waals surface area contributed by atoms with Crippen molar-refractivity contribution in [3.05, 3.63) is 24.0 Å². The lowest BCUT2D eigenvalue weighted by Crippen LogP contribution is -2.33. The van der Waals surface area contributed by atoms with Crippen molar-refractivity contribution in [1.82, 2.24) is 5.32 Å². The minimum absolute atomic E-state index is 0.0537. The van der Waals surface area contributed by atoms with Crippen LogP contribution in [-0.2, 0) is 10.0 Å². The topological polar surface area (TPSA) is 81.4 Å². The monoisotopic (exact) mass is 288 g/mol. The summed E-state index contributed by atoms with van der Waals surface area (Å²) >= 11 is 0. The summed E-state index contributed by atoms with van der Waals surface area (Å²) in [7, 11) is -3.88. The molecule has 5 nitrogen and oxygen atoms in total. The Labute approximate surface area is 112 Å². The average molecular weight is 288 g/mol. The predicted octanol–water partition coefficient (Wildman–Crippen LogP) is 0.851. The van der Waals surface area contributed by atoms with E-state index in [0.29, 0.717) is 12.5 Å². The van der Waals surface area contributed by atoms with E-state index in [0.717, 1.165) is 32.0 Å². The average Bonchev–Trinajstić information content (AvgIpc) is 2.37. The molecule has 7 heteroatoms.